The van der Waals surface area contributed by atoms with Crippen LogP contribution < -0.4 is 5.73 Å². The molecule has 0 fully saturated rings. The zero-order valence-corrected chi connectivity index (χ0v) is 8.71. The van der Waals surface area contributed by atoms with Crippen LogP contribution in [0.15, 0.2) is 24.5 Å². The van der Waals surface area contributed by atoms with Crippen LogP contribution in [0.3, 0.4) is 0 Å². The van der Waals surface area contributed by atoms with Crippen molar-refractivity contribution in [2.24, 2.45) is 5.73 Å². The van der Waals surface area contributed by atoms with Crippen molar-refractivity contribution >= 4 is 11.3 Å². The number of thiazole rings is 1. The first kappa shape index (κ1) is 9.30. The van der Waals surface area contributed by atoms with Gasteiger partial charge < -0.3 is 5.73 Å². The minimum atomic E-state index is 0.488. The van der Waals surface area contributed by atoms with Gasteiger partial charge in [-0.1, -0.05) is 0 Å². The predicted molar refractivity (Wildman–Crippen MR) is 58.0 cm³/mol. The van der Waals surface area contributed by atoms with E-state index in [0.717, 1.165) is 21.1 Å². The van der Waals surface area contributed by atoms with E-state index >= 15 is 0 Å². The van der Waals surface area contributed by atoms with Gasteiger partial charge in [0.2, 0.25) is 0 Å². The van der Waals surface area contributed by atoms with Gasteiger partial charge >= 0.3 is 0 Å². The molecule has 0 aliphatic heterocycles. The van der Waals surface area contributed by atoms with Gasteiger partial charge in [-0.2, -0.15) is 0 Å². The maximum atomic E-state index is 5.63. The Morgan fingerprint density at radius 2 is 2.07 bits per heavy atom. The van der Waals surface area contributed by atoms with E-state index in [9.17, 15) is 0 Å². The standard InChI is InChI=1S/C10H11N3S/c1-7-13-9(6-11)10(14-7)8-2-4-12-5-3-8/h2-5H,6,11H2,1H3. The summed E-state index contributed by atoms with van der Waals surface area (Å²) >= 11 is 1.67. The fourth-order valence-corrected chi connectivity index (χ4v) is 2.29. The van der Waals surface area contributed by atoms with E-state index in [4.69, 9.17) is 5.73 Å². The molecule has 2 heterocycles. The molecule has 0 amide bonds. The number of nitrogens with two attached hydrogens (primary N) is 1. The van der Waals surface area contributed by atoms with Crippen LogP contribution in [-0.2, 0) is 6.54 Å². The van der Waals surface area contributed by atoms with E-state index in [2.05, 4.69) is 9.97 Å². The first-order chi connectivity index (χ1) is 6.81. The normalized spacial score (nSPS) is 10.4. The molecule has 0 radical (unpaired) electrons. The van der Waals surface area contributed by atoms with Gasteiger partial charge in [-0.25, -0.2) is 4.98 Å². The average molecular weight is 205 g/mol. The SMILES string of the molecule is Cc1nc(CN)c(-c2ccncc2)s1. The van der Waals surface area contributed by atoms with Crippen LogP contribution in [-0.4, -0.2) is 9.97 Å². The molecule has 72 valence electrons. The van der Waals surface area contributed by atoms with Crippen molar-refractivity contribution in [3.63, 3.8) is 0 Å². The molecule has 2 aromatic rings. The molecule has 0 aromatic carbocycles. The van der Waals surface area contributed by atoms with E-state index < -0.39 is 0 Å². The summed E-state index contributed by atoms with van der Waals surface area (Å²) in [6.45, 7) is 2.48. The summed E-state index contributed by atoms with van der Waals surface area (Å²) in [5.74, 6) is 0. The summed E-state index contributed by atoms with van der Waals surface area (Å²) in [7, 11) is 0. The second-order valence-electron chi connectivity index (χ2n) is 2.95. The molecule has 2 N–H and O–H groups in total. The van der Waals surface area contributed by atoms with E-state index in [1.807, 2.05) is 19.1 Å². The zero-order chi connectivity index (χ0) is 9.97. The molecule has 0 aliphatic carbocycles. The zero-order valence-electron chi connectivity index (χ0n) is 7.90. The van der Waals surface area contributed by atoms with Crippen LogP contribution in [0.5, 0.6) is 0 Å². The Morgan fingerprint density at radius 3 is 2.71 bits per heavy atom. The Labute approximate surface area is 86.6 Å². The number of hydrogen-bond acceptors (Lipinski definition) is 4. The lowest BCUT2D eigenvalue weighted by Crippen LogP contribution is -1.98. The lowest BCUT2D eigenvalue weighted by atomic mass is 10.2. The summed E-state index contributed by atoms with van der Waals surface area (Å²) < 4.78 is 0. The summed E-state index contributed by atoms with van der Waals surface area (Å²) in [4.78, 5) is 9.52. The van der Waals surface area contributed by atoms with Crippen molar-refractivity contribution in [2.75, 3.05) is 0 Å². The lowest BCUT2D eigenvalue weighted by Gasteiger charge is -1.98. The van der Waals surface area contributed by atoms with Gasteiger partial charge in [-0.05, 0) is 24.6 Å². The smallest absolute Gasteiger partial charge is 0.0904 e. The van der Waals surface area contributed by atoms with Crippen LogP contribution in [0, 0.1) is 6.92 Å². The second kappa shape index (κ2) is 3.86. The minimum Gasteiger partial charge on any atom is -0.325 e. The third kappa shape index (κ3) is 1.66. The average Bonchev–Trinajstić information content (AvgIpc) is 2.61. The van der Waals surface area contributed by atoms with Crippen molar-refractivity contribution < 1.29 is 0 Å². The first-order valence-electron chi connectivity index (χ1n) is 4.38. The van der Waals surface area contributed by atoms with Crippen molar-refractivity contribution in [1.29, 1.82) is 0 Å². The van der Waals surface area contributed by atoms with Gasteiger partial charge in [0.15, 0.2) is 0 Å². The van der Waals surface area contributed by atoms with E-state index in [-0.39, 0.29) is 0 Å². The van der Waals surface area contributed by atoms with Crippen molar-refractivity contribution in [3.8, 4) is 10.4 Å². The maximum Gasteiger partial charge on any atom is 0.0904 e. The fourth-order valence-electron chi connectivity index (χ4n) is 1.34. The molecule has 14 heavy (non-hydrogen) atoms. The Balaban J connectivity index is 2.51. The van der Waals surface area contributed by atoms with E-state index in [0.29, 0.717) is 6.54 Å². The molecule has 0 unspecified atom stereocenters. The van der Waals surface area contributed by atoms with Crippen LogP contribution >= 0.6 is 11.3 Å². The lowest BCUT2D eigenvalue weighted by molar-refractivity contribution is 1.00. The predicted octanol–water partition coefficient (Wildman–Crippen LogP) is 1.97. The molecule has 0 atom stereocenters. The highest BCUT2D eigenvalue weighted by Crippen LogP contribution is 2.29. The van der Waals surface area contributed by atoms with Gasteiger partial charge in [-0.15, -0.1) is 11.3 Å². The van der Waals surface area contributed by atoms with E-state index in [1.165, 1.54) is 0 Å². The second-order valence-corrected chi connectivity index (χ2v) is 4.15. The highest BCUT2D eigenvalue weighted by Gasteiger charge is 2.08. The summed E-state index contributed by atoms with van der Waals surface area (Å²) in [5.41, 5.74) is 7.75. The number of rotatable bonds is 2. The van der Waals surface area contributed by atoms with Crippen molar-refractivity contribution in [2.45, 2.75) is 13.5 Å². The Bertz CT molecular complexity index is 422. The maximum absolute atomic E-state index is 5.63. The largest absolute Gasteiger partial charge is 0.325 e. The van der Waals surface area contributed by atoms with Gasteiger partial charge in [0.25, 0.3) is 0 Å². The van der Waals surface area contributed by atoms with Crippen LogP contribution in [0.25, 0.3) is 10.4 Å². The molecule has 2 aromatic heterocycles. The van der Waals surface area contributed by atoms with Crippen molar-refractivity contribution in [3.05, 3.63) is 35.2 Å². The van der Waals surface area contributed by atoms with Crippen LogP contribution in [0.2, 0.25) is 0 Å². The Kier molecular flexibility index (Phi) is 2.56. The monoisotopic (exact) mass is 205 g/mol. The fraction of sp³-hybridized carbons (Fsp3) is 0.200. The molecule has 2 rings (SSSR count). The molecule has 0 bridgehead atoms. The first-order valence-corrected chi connectivity index (χ1v) is 5.19. The van der Waals surface area contributed by atoms with Crippen molar-refractivity contribution in [1.82, 2.24) is 9.97 Å². The Hall–Kier alpha value is -1.26. The molecular formula is C10H11N3S. The van der Waals surface area contributed by atoms with Gasteiger partial charge in [-0.3, -0.25) is 4.98 Å². The third-order valence-corrected chi connectivity index (χ3v) is 3.00. The molecule has 0 saturated carbocycles. The molecule has 4 heteroatoms. The van der Waals surface area contributed by atoms with E-state index in [1.54, 1.807) is 23.7 Å². The Morgan fingerprint density at radius 1 is 1.36 bits per heavy atom. The highest BCUT2D eigenvalue weighted by atomic mass is 32.1. The highest BCUT2D eigenvalue weighted by molar-refractivity contribution is 7.15. The third-order valence-electron chi connectivity index (χ3n) is 1.94. The summed E-state index contributed by atoms with van der Waals surface area (Å²) in [5, 5.41) is 1.05. The van der Waals surface area contributed by atoms with Gasteiger partial charge in [0, 0.05) is 18.9 Å². The van der Waals surface area contributed by atoms with Gasteiger partial charge in [0.1, 0.15) is 0 Å². The quantitative estimate of drug-likeness (QED) is 0.815. The number of pyridine rings is 1. The molecule has 0 aliphatic rings. The van der Waals surface area contributed by atoms with Crippen LogP contribution in [0.4, 0.5) is 0 Å². The number of hydrogen-bond donors (Lipinski definition) is 1. The molecule has 0 spiro atoms. The number of aryl methyl sites for hydroxylation is 1. The summed E-state index contributed by atoms with van der Waals surface area (Å²) in [6, 6.07) is 3.96. The van der Waals surface area contributed by atoms with Crippen LogP contribution in [0.1, 0.15) is 10.7 Å². The topological polar surface area (TPSA) is 51.8 Å². The molecule has 0 saturated heterocycles. The minimum absolute atomic E-state index is 0.488. The summed E-state index contributed by atoms with van der Waals surface area (Å²) in [6.07, 6.45) is 3.56. The number of nitrogens with zero attached hydrogens (tertiary/aromatic N) is 2. The molecular weight excluding hydrogens is 194 g/mol. The van der Waals surface area contributed by atoms with Gasteiger partial charge in [0.05, 0.1) is 15.6 Å². The molecule has 3 nitrogen and oxygen atoms in total. The number of aromatic nitrogens is 2.